The Kier molecular flexibility index (Phi) is 3.43. The van der Waals surface area contributed by atoms with Gasteiger partial charge < -0.3 is 4.74 Å². The number of rotatable bonds is 2. The van der Waals surface area contributed by atoms with Gasteiger partial charge in [0, 0.05) is 6.07 Å². The number of hydrogen-bond donors (Lipinski definition) is 0. The summed E-state index contributed by atoms with van der Waals surface area (Å²) in [5.41, 5.74) is 0.490. The SMILES string of the molecule is COc1ccc(-c2nc(Cl)c3c(F)cccc3n2)c(F)c1. The lowest BCUT2D eigenvalue weighted by molar-refractivity contribution is 0.411. The van der Waals surface area contributed by atoms with E-state index in [0.717, 1.165) is 0 Å². The summed E-state index contributed by atoms with van der Waals surface area (Å²) < 4.78 is 32.7. The van der Waals surface area contributed by atoms with Crippen LogP contribution in [0, 0.1) is 11.6 Å². The summed E-state index contributed by atoms with van der Waals surface area (Å²) in [6.45, 7) is 0. The van der Waals surface area contributed by atoms with E-state index in [1.54, 1.807) is 12.1 Å². The highest BCUT2D eigenvalue weighted by Gasteiger charge is 2.14. The Morgan fingerprint density at radius 3 is 2.57 bits per heavy atom. The molecule has 0 amide bonds. The summed E-state index contributed by atoms with van der Waals surface area (Å²) in [5, 5.41) is 0.0696. The molecule has 0 aliphatic rings. The number of ether oxygens (including phenoxy) is 1. The third kappa shape index (κ3) is 2.40. The molecular formula is C15H9ClF2N2O. The van der Waals surface area contributed by atoms with Crippen LogP contribution in [0.1, 0.15) is 0 Å². The quantitative estimate of drug-likeness (QED) is 0.664. The monoisotopic (exact) mass is 306 g/mol. The molecule has 0 aliphatic heterocycles. The van der Waals surface area contributed by atoms with Crippen molar-refractivity contribution >= 4 is 22.5 Å². The van der Waals surface area contributed by atoms with Crippen LogP contribution in [0.4, 0.5) is 8.78 Å². The van der Waals surface area contributed by atoms with Crippen LogP contribution < -0.4 is 4.74 Å². The van der Waals surface area contributed by atoms with Gasteiger partial charge in [0.15, 0.2) is 5.82 Å². The van der Waals surface area contributed by atoms with Gasteiger partial charge in [-0.15, -0.1) is 0 Å². The van der Waals surface area contributed by atoms with Crippen LogP contribution in [-0.4, -0.2) is 17.1 Å². The molecule has 0 saturated carbocycles. The summed E-state index contributed by atoms with van der Waals surface area (Å²) in [7, 11) is 1.45. The van der Waals surface area contributed by atoms with Crippen LogP contribution >= 0.6 is 11.6 Å². The van der Waals surface area contributed by atoms with E-state index in [0.29, 0.717) is 11.3 Å². The Balaban J connectivity index is 2.22. The molecule has 0 unspecified atom stereocenters. The van der Waals surface area contributed by atoms with Crippen LogP contribution in [0.2, 0.25) is 5.15 Å². The zero-order valence-corrected chi connectivity index (χ0v) is 11.7. The average Bonchev–Trinajstić information content (AvgIpc) is 2.46. The van der Waals surface area contributed by atoms with Gasteiger partial charge in [0.1, 0.15) is 22.5 Å². The summed E-state index contributed by atoms with van der Waals surface area (Å²) >= 11 is 5.99. The van der Waals surface area contributed by atoms with Crippen molar-refractivity contribution in [2.24, 2.45) is 0 Å². The van der Waals surface area contributed by atoms with Gasteiger partial charge in [0.05, 0.1) is 23.6 Å². The first kappa shape index (κ1) is 13.7. The van der Waals surface area contributed by atoms with Crippen molar-refractivity contribution < 1.29 is 13.5 Å². The molecule has 0 N–H and O–H groups in total. The van der Waals surface area contributed by atoms with Gasteiger partial charge in [-0.3, -0.25) is 0 Å². The minimum Gasteiger partial charge on any atom is -0.497 e. The minimum atomic E-state index is -0.541. The summed E-state index contributed by atoms with van der Waals surface area (Å²) in [5.74, 6) is -0.576. The molecule has 0 fully saturated rings. The smallest absolute Gasteiger partial charge is 0.164 e. The summed E-state index contributed by atoms with van der Waals surface area (Å²) in [6, 6.07) is 8.68. The lowest BCUT2D eigenvalue weighted by Gasteiger charge is -2.07. The normalized spacial score (nSPS) is 10.9. The van der Waals surface area contributed by atoms with Gasteiger partial charge in [0.2, 0.25) is 0 Å². The van der Waals surface area contributed by atoms with Crippen LogP contribution in [0.3, 0.4) is 0 Å². The van der Waals surface area contributed by atoms with E-state index in [1.165, 1.54) is 31.4 Å². The van der Waals surface area contributed by atoms with Crippen molar-refractivity contribution in [2.75, 3.05) is 7.11 Å². The number of fused-ring (bicyclic) bond motifs is 1. The van der Waals surface area contributed by atoms with Crippen LogP contribution in [-0.2, 0) is 0 Å². The Morgan fingerprint density at radius 2 is 1.86 bits per heavy atom. The van der Waals surface area contributed by atoms with Crippen molar-refractivity contribution in [3.63, 3.8) is 0 Å². The number of nitrogens with zero attached hydrogens (tertiary/aromatic N) is 2. The second-order valence-electron chi connectivity index (χ2n) is 4.32. The second kappa shape index (κ2) is 5.26. The third-order valence-corrected chi connectivity index (χ3v) is 3.32. The van der Waals surface area contributed by atoms with Gasteiger partial charge >= 0.3 is 0 Å². The van der Waals surface area contributed by atoms with E-state index in [9.17, 15) is 8.78 Å². The molecule has 0 aliphatic carbocycles. The van der Waals surface area contributed by atoms with E-state index in [-0.39, 0.29) is 21.9 Å². The molecule has 0 bridgehead atoms. The molecule has 6 heteroatoms. The molecule has 0 saturated heterocycles. The molecule has 1 aromatic heterocycles. The first-order valence-corrected chi connectivity index (χ1v) is 6.43. The Morgan fingerprint density at radius 1 is 1.05 bits per heavy atom. The van der Waals surface area contributed by atoms with Gasteiger partial charge in [-0.05, 0) is 24.3 Å². The van der Waals surface area contributed by atoms with E-state index >= 15 is 0 Å². The molecule has 21 heavy (non-hydrogen) atoms. The van der Waals surface area contributed by atoms with Crippen molar-refractivity contribution in [3.05, 3.63) is 53.2 Å². The molecule has 0 atom stereocenters. The average molecular weight is 307 g/mol. The molecule has 3 rings (SSSR count). The maximum atomic E-state index is 14.1. The van der Waals surface area contributed by atoms with Gasteiger partial charge in [-0.25, -0.2) is 18.7 Å². The predicted octanol–water partition coefficient (Wildman–Crippen LogP) is 4.24. The number of methoxy groups -OCH3 is 1. The zero-order chi connectivity index (χ0) is 15.0. The number of aromatic nitrogens is 2. The maximum absolute atomic E-state index is 14.1. The molecule has 0 spiro atoms. The third-order valence-electron chi connectivity index (χ3n) is 3.05. The fraction of sp³-hybridized carbons (Fsp3) is 0.0667. The highest BCUT2D eigenvalue weighted by molar-refractivity contribution is 6.34. The minimum absolute atomic E-state index is 0.0525. The zero-order valence-electron chi connectivity index (χ0n) is 10.9. The molecule has 3 aromatic rings. The van der Waals surface area contributed by atoms with E-state index in [2.05, 4.69) is 9.97 Å². The van der Waals surface area contributed by atoms with Crippen molar-refractivity contribution in [2.45, 2.75) is 0 Å². The Hall–Kier alpha value is -2.27. The predicted molar refractivity (Wildman–Crippen MR) is 76.5 cm³/mol. The summed E-state index contributed by atoms with van der Waals surface area (Å²) in [6.07, 6.45) is 0. The Labute approximate surface area is 124 Å². The fourth-order valence-electron chi connectivity index (χ4n) is 2.02. The molecule has 2 aromatic carbocycles. The van der Waals surface area contributed by atoms with Crippen molar-refractivity contribution in [1.82, 2.24) is 9.97 Å². The van der Waals surface area contributed by atoms with Gasteiger partial charge in [0.25, 0.3) is 0 Å². The maximum Gasteiger partial charge on any atom is 0.164 e. The van der Waals surface area contributed by atoms with Crippen LogP contribution in [0.5, 0.6) is 5.75 Å². The molecule has 1 heterocycles. The van der Waals surface area contributed by atoms with E-state index < -0.39 is 11.6 Å². The summed E-state index contributed by atoms with van der Waals surface area (Å²) in [4.78, 5) is 8.15. The lowest BCUT2D eigenvalue weighted by Crippen LogP contribution is -1.96. The number of hydrogen-bond acceptors (Lipinski definition) is 3. The first-order valence-electron chi connectivity index (χ1n) is 6.06. The van der Waals surface area contributed by atoms with E-state index in [4.69, 9.17) is 16.3 Å². The van der Waals surface area contributed by atoms with Crippen molar-refractivity contribution in [3.8, 4) is 17.1 Å². The van der Waals surface area contributed by atoms with Crippen molar-refractivity contribution in [1.29, 1.82) is 0 Å². The first-order chi connectivity index (χ1) is 10.1. The molecule has 106 valence electrons. The molecular weight excluding hydrogens is 298 g/mol. The van der Waals surface area contributed by atoms with Crippen LogP contribution in [0.25, 0.3) is 22.3 Å². The molecule has 3 nitrogen and oxygen atoms in total. The Bertz CT molecular complexity index is 839. The topological polar surface area (TPSA) is 35.0 Å². The number of benzene rings is 2. The highest BCUT2D eigenvalue weighted by Crippen LogP contribution is 2.29. The standard InChI is InChI=1S/C15H9ClF2N2O/c1-21-8-5-6-9(11(18)7-8)15-19-12-4-2-3-10(17)13(12)14(16)20-15/h2-7H,1H3. The largest absolute Gasteiger partial charge is 0.497 e. The lowest BCUT2D eigenvalue weighted by atomic mass is 10.1. The van der Waals surface area contributed by atoms with E-state index in [1.807, 2.05) is 0 Å². The highest BCUT2D eigenvalue weighted by atomic mass is 35.5. The van der Waals surface area contributed by atoms with Gasteiger partial charge in [-0.2, -0.15) is 0 Å². The fourth-order valence-corrected chi connectivity index (χ4v) is 2.29. The molecule has 0 radical (unpaired) electrons. The van der Waals surface area contributed by atoms with Crippen LogP contribution in [0.15, 0.2) is 36.4 Å². The number of halogens is 3. The second-order valence-corrected chi connectivity index (χ2v) is 4.68. The van der Waals surface area contributed by atoms with Gasteiger partial charge in [-0.1, -0.05) is 17.7 Å².